The zero-order chi connectivity index (χ0) is 16.4. The van der Waals surface area contributed by atoms with Crippen LogP contribution in [0.5, 0.6) is 0 Å². The van der Waals surface area contributed by atoms with Crippen molar-refractivity contribution in [2.45, 2.75) is 25.8 Å². The van der Waals surface area contributed by atoms with Crippen LogP contribution < -0.4 is 0 Å². The molecule has 132 valence electrons. The van der Waals surface area contributed by atoms with E-state index in [9.17, 15) is 4.79 Å². The zero-order valence-corrected chi connectivity index (χ0v) is 15.2. The van der Waals surface area contributed by atoms with Crippen LogP contribution in [0.2, 0.25) is 0 Å². The second-order valence-corrected chi connectivity index (χ2v) is 6.76. The highest BCUT2D eigenvalue weighted by molar-refractivity contribution is 5.94. The number of rotatable bonds is 3. The molecule has 1 aliphatic carbocycles. The third kappa shape index (κ3) is 4.02. The lowest BCUT2D eigenvalue weighted by Crippen LogP contribution is -2.48. The summed E-state index contributed by atoms with van der Waals surface area (Å²) in [5.74, 6) is 0.188. The fourth-order valence-electron chi connectivity index (χ4n) is 3.74. The number of piperazine rings is 1. The molecule has 0 atom stereocenters. The molecule has 1 fully saturated rings. The van der Waals surface area contributed by atoms with Gasteiger partial charge in [0.1, 0.15) is 0 Å². The van der Waals surface area contributed by atoms with Gasteiger partial charge in [0.2, 0.25) is 0 Å². The molecule has 1 aromatic heterocycles. The molecular formula is C20H24ClN3O. The summed E-state index contributed by atoms with van der Waals surface area (Å²) in [5, 5.41) is 0. The van der Waals surface area contributed by atoms with Crippen LogP contribution in [0.1, 0.15) is 33.5 Å². The van der Waals surface area contributed by atoms with Gasteiger partial charge in [-0.3, -0.25) is 14.7 Å². The van der Waals surface area contributed by atoms with Crippen molar-refractivity contribution in [1.29, 1.82) is 0 Å². The molecule has 0 saturated carbocycles. The van der Waals surface area contributed by atoms with E-state index in [1.807, 2.05) is 23.4 Å². The topological polar surface area (TPSA) is 36.4 Å². The third-order valence-corrected chi connectivity index (χ3v) is 5.16. The summed E-state index contributed by atoms with van der Waals surface area (Å²) >= 11 is 0. The fourth-order valence-corrected chi connectivity index (χ4v) is 3.74. The van der Waals surface area contributed by atoms with Gasteiger partial charge in [0.15, 0.2) is 0 Å². The summed E-state index contributed by atoms with van der Waals surface area (Å²) in [5.41, 5.74) is 4.94. The number of halogens is 1. The maximum Gasteiger partial charge on any atom is 0.253 e. The SMILES string of the molecule is Cl.O=C(c1ccc2c(c1)CCC2)N1CCN(Cc2ccncc2)CC1. The minimum Gasteiger partial charge on any atom is -0.336 e. The quantitative estimate of drug-likeness (QED) is 0.847. The lowest BCUT2D eigenvalue weighted by Gasteiger charge is -2.34. The number of benzene rings is 1. The first-order valence-corrected chi connectivity index (χ1v) is 8.82. The van der Waals surface area contributed by atoms with Gasteiger partial charge in [-0.15, -0.1) is 12.4 Å². The number of amides is 1. The number of aryl methyl sites for hydroxylation is 2. The predicted octanol–water partition coefficient (Wildman–Crippen LogP) is 2.95. The van der Waals surface area contributed by atoms with Crippen molar-refractivity contribution in [3.8, 4) is 0 Å². The second kappa shape index (κ2) is 7.98. The van der Waals surface area contributed by atoms with Gasteiger partial charge in [0, 0.05) is 50.7 Å². The maximum absolute atomic E-state index is 12.8. The molecule has 1 amide bonds. The number of fused-ring (bicyclic) bond motifs is 1. The number of aromatic nitrogens is 1. The summed E-state index contributed by atoms with van der Waals surface area (Å²) in [7, 11) is 0. The summed E-state index contributed by atoms with van der Waals surface area (Å²) in [4.78, 5) is 21.2. The van der Waals surface area contributed by atoms with Crippen LogP contribution in [0.15, 0.2) is 42.7 Å². The summed E-state index contributed by atoms with van der Waals surface area (Å²) in [6.45, 7) is 4.41. The molecular weight excluding hydrogens is 334 g/mol. The van der Waals surface area contributed by atoms with Crippen molar-refractivity contribution in [2.24, 2.45) is 0 Å². The van der Waals surface area contributed by atoms with Gasteiger partial charge in [-0.2, -0.15) is 0 Å². The Morgan fingerprint density at radius 2 is 1.68 bits per heavy atom. The molecule has 5 heteroatoms. The molecule has 1 saturated heterocycles. The van der Waals surface area contributed by atoms with E-state index in [4.69, 9.17) is 0 Å². The lowest BCUT2D eigenvalue weighted by molar-refractivity contribution is 0.0628. The van der Waals surface area contributed by atoms with Gasteiger partial charge in [0.05, 0.1) is 0 Å². The Morgan fingerprint density at radius 1 is 0.960 bits per heavy atom. The Labute approximate surface area is 155 Å². The molecule has 1 aliphatic heterocycles. The van der Waals surface area contributed by atoms with Gasteiger partial charge in [-0.05, 0) is 60.2 Å². The highest BCUT2D eigenvalue weighted by Crippen LogP contribution is 2.23. The van der Waals surface area contributed by atoms with Gasteiger partial charge in [0.25, 0.3) is 5.91 Å². The Kier molecular flexibility index (Phi) is 5.71. The summed E-state index contributed by atoms with van der Waals surface area (Å²) < 4.78 is 0. The molecule has 2 heterocycles. The maximum atomic E-state index is 12.8. The van der Waals surface area contributed by atoms with Crippen LogP contribution in [0.3, 0.4) is 0 Å². The van der Waals surface area contributed by atoms with E-state index in [-0.39, 0.29) is 18.3 Å². The van der Waals surface area contributed by atoms with E-state index in [0.717, 1.165) is 51.1 Å². The number of carbonyl (C=O) groups is 1. The molecule has 2 aromatic rings. The first-order chi connectivity index (χ1) is 11.8. The Morgan fingerprint density at radius 3 is 2.44 bits per heavy atom. The van der Waals surface area contributed by atoms with Crippen molar-refractivity contribution in [3.05, 3.63) is 65.0 Å². The van der Waals surface area contributed by atoms with Crippen molar-refractivity contribution >= 4 is 18.3 Å². The van der Waals surface area contributed by atoms with Gasteiger partial charge in [-0.25, -0.2) is 0 Å². The average Bonchev–Trinajstić information content (AvgIpc) is 3.10. The number of hydrogen-bond acceptors (Lipinski definition) is 3. The smallest absolute Gasteiger partial charge is 0.253 e. The summed E-state index contributed by atoms with van der Waals surface area (Å²) in [6, 6.07) is 10.4. The highest BCUT2D eigenvalue weighted by atomic mass is 35.5. The second-order valence-electron chi connectivity index (χ2n) is 6.76. The molecule has 4 nitrogen and oxygen atoms in total. The molecule has 0 N–H and O–H groups in total. The minimum absolute atomic E-state index is 0. The first kappa shape index (κ1) is 17.9. The standard InChI is InChI=1S/C20H23N3O.ClH/c24-20(19-5-4-17-2-1-3-18(17)14-19)23-12-10-22(11-13-23)15-16-6-8-21-9-7-16;/h4-9,14H,1-3,10-13,15H2;1H. The van der Waals surface area contributed by atoms with Crippen molar-refractivity contribution in [1.82, 2.24) is 14.8 Å². The van der Waals surface area contributed by atoms with Gasteiger partial charge >= 0.3 is 0 Å². The Hall–Kier alpha value is -1.91. The van der Waals surface area contributed by atoms with E-state index in [2.05, 4.69) is 34.1 Å². The predicted molar refractivity (Wildman–Crippen MR) is 101 cm³/mol. The first-order valence-electron chi connectivity index (χ1n) is 8.82. The molecule has 0 radical (unpaired) electrons. The lowest BCUT2D eigenvalue weighted by atomic mass is 10.1. The van der Waals surface area contributed by atoms with E-state index >= 15 is 0 Å². The number of hydrogen-bond donors (Lipinski definition) is 0. The van der Waals surface area contributed by atoms with Crippen molar-refractivity contribution < 1.29 is 4.79 Å². The van der Waals surface area contributed by atoms with E-state index in [0.29, 0.717) is 0 Å². The van der Waals surface area contributed by atoms with Crippen LogP contribution in [-0.4, -0.2) is 46.9 Å². The molecule has 0 unspecified atom stereocenters. The zero-order valence-electron chi connectivity index (χ0n) is 14.4. The monoisotopic (exact) mass is 357 g/mol. The van der Waals surface area contributed by atoms with Crippen LogP contribution in [0.25, 0.3) is 0 Å². The summed E-state index contributed by atoms with van der Waals surface area (Å²) in [6.07, 6.45) is 7.18. The van der Waals surface area contributed by atoms with E-state index < -0.39 is 0 Å². The normalized spacial score (nSPS) is 17.0. The van der Waals surface area contributed by atoms with Crippen LogP contribution in [0, 0.1) is 0 Å². The fraction of sp³-hybridized carbons (Fsp3) is 0.400. The van der Waals surface area contributed by atoms with E-state index in [1.165, 1.54) is 23.1 Å². The molecule has 25 heavy (non-hydrogen) atoms. The average molecular weight is 358 g/mol. The van der Waals surface area contributed by atoms with Crippen LogP contribution in [-0.2, 0) is 19.4 Å². The Bertz CT molecular complexity index is 727. The largest absolute Gasteiger partial charge is 0.336 e. The highest BCUT2D eigenvalue weighted by Gasteiger charge is 2.23. The molecule has 2 aliphatic rings. The van der Waals surface area contributed by atoms with Crippen molar-refractivity contribution in [2.75, 3.05) is 26.2 Å². The molecule has 0 bridgehead atoms. The minimum atomic E-state index is 0. The molecule has 1 aromatic carbocycles. The Balaban J connectivity index is 0.00000182. The van der Waals surface area contributed by atoms with Gasteiger partial charge < -0.3 is 4.90 Å². The molecule has 0 spiro atoms. The van der Waals surface area contributed by atoms with Gasteiger partial charge in [-0.1, -0.05) is 6.07 Å². The number of carbonyl (C=O) groups excluding carboxylic acids is 1. The molecule has 4 rings (SSSR count). The number of pyridine rings is 1. The number of nitrogens with zero attached hydrogens (tertiary/aromatic N) is 3. The third-order valence-electron chi connectivity index (χ3n) is 5.16. The van der Waals surface area contributed by atoms with Crippen molar-refractivity contribution in [3.63, 3.8) is 0 Å². The van der Waals surface area contributed by atoms with Crippen LogP contribution in [0.4, 0.5) is 0 Å². The van der Waals surface area contributed by atoms with Crippen LogP contribution >= 0.6 is 12.4 Å². The van der Waals surface area contributed by atoms with E-state index in [1.54, 1.807) is 0 Å².